The molecule has 98 valence electrons. The molecule has 1 saturated carbocycles. The van der Waals surface area contributed by atoms with Gasteiger partial charge in [-0.05, 0) is 59.8 Å². The van der Waals surface area contributed by atoms with Crippen molar-refractivity contribution in [3.63, 3.8) is 0 Å². The number of carbonyl (C=O) groups is 1. The molecule has 1 aromatic carbocycles. The van der Waals surface area contributed by atoms with E-state index in [4.69, 9.17) is 10.5 Å². The van der Waals surface area contributed by atoms with E-state index in [0.29, 0.717) is 0 Å². The SMILES string of the molecule is COc1ccc(C(=O)C2CCC(N)CC2)cc1Br. The van der Waals surface area contributed by atoms with Gasteiger partial charge in [-0.25, -0.2) is 0 Å². The number of carbonyl (C=O) groups excluding carboxylic acids is 1. The van der Waals surface area contributed by atoms with Crippen molar-refractivity contribution in [1.82, 2.24) is 0 Å². The second kappa shape index (κ2) is 5.85. The lowest BCUT2D eigenvalue weighted by Gasteiger charge is -2.25. The van der Waals surface area contributed by atoms with Crippen molar-refractivity contribution in [3.8, 4) is 5.75 Å². The number of ether oxygens (including phenoxy) is 1. The Morgan fingerprint density at radius 3 is 2.56 bits per heavy atom. The number of nitrogens with two attached hydrogens (primary N) is 1. The lowest BCUT2D eigenvalue weighted by Crippen LogP contribution is -2.29. The molecule has 1 fully saturated rings. The van der Waals surface area contributed by atoms with Crippen LogP contribution < -0.4 is 10.5 Å². The van der Waals surface area contributed by atoms with Gasteiger partial charge in [0, 0.05) is 17.5 Å². The van der Waals surface area contributed by atoms with E-state index in [1.807, 2.05) is 18.2 Å². The van der Waals surface area contributed by atoms with E-state index in [1.54, 1.807) is 7.11 Å². The predicted octanol–water partition coefficient (Wildman–Crippen LogP) is 3.16. The van der Waals surface area contributed by atoms with Crippen LogP contribution in [0.15, 0.2) is 22.7 Å². The summed E-state index contributed by atoms with van der Waals surface area (Å²) in [6.45, 7) is 0. The number of hydrogen-bond donors (Lipinski definition) is 1. The summed E-state index contributed by atoms with van der Waals surface area (Å²) in [5, 5.41) is 0. The highest BCUT2D eigenvalue weighted by atomic mass is 79.9. The van der Waals surface area contributed by atoms with Gasteiger partial charge in [0.2, 0.25) is 0 Å². The van der Waals surface area contributed by atoms with Gasteiger partial charge in [-0.3, -0.25) is 4.79 Å². The Kier molecular flexibility index (Phi) is 4.40. The monoisotopic (exact) mass is 311 g/mol. The summed E-state index contributed by atoms with van der Waals surface area (Å²) in [4.78, 5) is 12.4. The van der Waals surface area contributed by atoms with Gasteiger partial charge in [0.25, 0.3) is 0 Å². The topological polar surface area (TPSA) is 52.3 Å². The maximum Gasteiger partial charge on any atom is 0.165 e. The molecule has 4 heteroatoms. The first-order valence-electron chi connectivity index (χ1n) is 6.25. The summed E-state index contributed by atoms with van der Waals surface area (Å²) in [5.41, 5.74) is 6.62. The Bertz CT molecular complexity index is 439. The smallest absolute Gasteiger partial charge is 0.165 e. The van der Waals surface area contributed by atoms with Crippen LogP contribution >= 0.6 is 15.9 Å². The fourth-order valence-corrected chi connectivity index (χ4v) is 2.98. The summed E-state index contributed by atoms with van der Waals surface area (Å²) in [7, 11) is 1.62. The number of methoxy groups -OCH3 is 1. The molecule has 18 heavy (non-hydrogen) atoms. The van der Waals surface area contributed by atoms with Gasteiger partial charge in [-0.15, -0.1) is 0 Å². The zero-order valence-electron chi connectivity index (χ0n) is 10.5. The van der Waals surface area contributed by atoms with E-state index in [9.17, 15) is 4.79 Å². The van der Waals surface area contributed by atoms with Crippen LogP contribution in [0.3, 0.4) is 0 Å². The second-order valence-corrected chi connectivity index (χ2v) is 5.68. The molecule has 1 aliphatic carbocycles. The van der Waals surface area contributed by atoms with Crippen molar-refractivity contribution in [1.29, 1.82) is 0 Å². The quantitative estimate of drug-likeness (QED) is 0.872. The highest BCUT2D eigenvalue weighted by Gasteiger charge is 2.25. The number of Topliss-reactive ketones (excluding diaryl/α,β-unsaturated/α-hetero) is 1. The third-order valence-corrected chi connectivity index (χ3v) is 4.20. The van der Waals surface area contributed by atoms with Crippen LogP contribution in [0.1, 0.15) is 36.0 Å². The molecule has 0 spiro atoms. The maximum absolute atomic E-state index is 12.4. The molecule has 3 nitrogen and oxygen atoms in total. The maximum atomic E-state index is 12.4. The molecule has 1 aromatic rings. The molecular weight excluding hydrogens is 294 g/mol. The van der Waals surface area contributed by atoms with Crippen LogP contribution in [0, 0.1) is 5.92 Å². The third-order valence-electron chi connectivity index (χ3n) is 3.58. The molecule has 0 amide bonds. The normalized spacial score (nSPS) is 23.7. The van der Waals surface area contributed by atoms with Crippen LogP contribution in [0.4, 0.5) is 0 Å². The van der Waals surface area contributed by atoms with Crippen LogP contribution in [-0.2, 0) is 0 Å². The molecule has 1 aliphatic rings. The minimum Gasteiger partial charge on any atom is -0.496 e. The number of halogens is 1. The molecular formula is C14H18BrNO2. The van der Waals surface area contributed by atoms with E-state index in [-0.39, 0.29) is 17.7 Å². The number of ketones is 1. The van der Waals surface area contributed by atoms with E-state index in [2.05, 4.69) is 15.9 Å². The third kappa shape index (κ3) is 2.93. The summed E-state index contributed by atoms with van der Waals surface area (Å²) in [5.74, 6) is 1.10. The summed E-state index contributed by atoms with van der Waals surface area (Å²) in [6, 6.07) is 5.78. The molecule has 0 radical (unpaired) electrons. The van der Waals surface area contributed by atoms with Crippen molar-refractivity contribution >= 4 is 21.7 Å². The number of rotatable bonds is 3. The second-order valence-electron chi connectivity index (χ2n) is 4.83. The van der Waals surface area contributed by atoms with Gasteiger partial charge in [-0.2, -0.15) is 0 Å². The van der Waals surface area contributed by atoms with Gasteiger partial charge in [-0.1, -0.05) is 0 Å². The van der Waals surface area contributed by atoms with E-state index in [1.165, 1.54) is 0 Å². The molecule has 0 saturated heterocycles. The predicted molar refractivity (Wildman–Crippen MR) is 75.0 cm³/mol. The van der Waals surface area contributed by atoms with Gasteiger partial charge in [0.1, 0.15) is 5.75 Å². The largest absolute Gasteiger partial charge is 0.496 e. The minimum atomic E-state index is 0.130. The summed E-state index contributed by atoms with van der Waals surface area (Å²) < 4.78 is 5.99. The fourth-order valence-electron chi connectivity index (χ4n) is 2.44. The fraction of sp³-hybridized carbons (Fsp3) is 0.500. The Balaban J connectivity index is 2.11. The zero-order chi connectivity index (χ0) is 13.1. The molecule has 0 bridgehead atoms. The molecule has 0 aliphatic heterocycles. The van der Waals surface area contributed by atoms with Gasteiger partial charge in [0.15, 0.2) is 5.78 Å². The summed E-state index contributed by atoms with van der Waals surface area (Å²) >= 11 is 3.41. The van der Waals surface area contributed by atoms with Crippen molar-refractivity contribution in [2.45, 2.75) is 31.7 Å². The van der Waals surface area contributed by atoms with Crippen molar-refractivity contribution < 1.29 is 9.53 Å². The molecule has 0 heterocycles. The van der Waals surface area contributed by atoms with Crippen molar-refractivity contribution in [2.24, 2.45) is 11.7 Å². The van der Waals surface area contributed by atoms with Gasteiger partial charge < -0.3 is 10.5 Å². The van der Waals surface area contributed by atoms with Gasteiger partial charge >= 0.3 is 0 Å². The highest BCUT2D eigenvalue weighted by Crippen LogP contribution is 2.30. The molecule has 0 unspecified atom stereocenters. The molecule has 0 atom stereocenters. The molecule has 0 aromatic heterocycles. The van der Waals surface area contributed by atoms with Crippen LogP contribution in [0.5, 0.6) is 5.75 Å². The lowest BCUT2D eigenvalue weighted by atomic mass is 9.82. The van der Waals surface area contributed by atoms with Gasteiger partial charge in [0.05, 0.1) is 11.6 Å². The molecule has 2 N–H and O–H groups in total. The average Bonchev–Trinajstić information content (AvgIpc) is 2.38. The number of hydrogen-bond acceptors (Lipinski definition) is 3. The first kappa shape index (κ1) is 13.6. The Labute approximate surface area is 116 Å². The highest BCUT2D eigenvalue weighted by molar-refractivity contribution is 9.10. The van der Waals surface area contributed by atoms with E-state index >= 15 is 0 Å². The minimum absolute atomic E-state index is 0.130. The number of benzene rings is 1. The first-order chi connectivity index (χ1) is 8.61. The molecule has 2 rings (SSSR count). The van der Waals surface area contributed by atoms with Crippen molar-refractivity contribution in [2.75, 3.05) is 7.11 Å². The first-order valence-corrected chi connectivity index (χ1v) is 7.04. The average molecular weight is 312 g/mol. The Hall–Kier alpha value is -0.870. The summed E-state index contributed by atoms with van der Waals surface area (Å²) in [6.07, 6.45) is 3.72. The standard InChI is InChI=1S/C14H18BrNO2/c1-18-13-7-4-10(8-12(13)15)14(17)9-2-5-11(16)6-3-9/h4,7-9,11H,2-3,5-6,16H2,1H3. The van der Waals surface area contributed by atoms with Crippen LogP contribution in [0.2, 0.25) is 0 Å². The van der Waals surface area contributed by atoms with Crippen LogP contribution in [-0.4, -0.2) is 18.9 Å². The lowest BCUT2D eigenvalue weighted by molar-refractivity contribution is 0.0884. The van der Waals surface area contributed by atoms with E-state index in [0.717, 1.165) is 41.5 Å². The van der Waals surface area contributed by atoms with Crippen molar-refractivity contribution in [3.05, 3.63) is 28.2 Å². The Morgan fingerprint density at radius 1 is 1.33 bits per heavy atom. The van der Waals surface area contributed by atoms with E-state index < -0.39 is 0 Å². The Morgan fingerprint density at radius 2 is 2.00 bits per heavy atom. The van der Waals surface area contributed by atoms with Crippen LogP contribution in [0.25, 0.3) is 0 Å². The zero-order valence-corrected chi connectivity index (χ0v) is 12.1.